The van der Waals surface area contributed by atoms with E-state index in [2.05, 4.69) is 15.1 Å². The number of nitrogens with zero attached hydrogens (tertiary/aromatic N) is 3. The first kappa shape index (κ1) is 18.9. The van der Waals surface area contributed by atoms with Gasteiger partial charge in [-0.2, -0.15) is 9.50 Å². The molecule has 0 spiro atoms. The van der Waals surface area contributed by atoms with Crippen LogP contribution in [-0.2, 0) is 6.61 Å². The minimum atomic E-state index is -0.227. The Kier molecular flexibility index (Phi) is 4.79. The number of aryl methyl sites for hydroxylation is 1. The number of halogens is 1. The second-order valence-electron chi connectivity index (χ2n) is 7.73. The molecule has 1 N–H and O–H groups in total. The van der Waals surface area contributed by atoms with Gasteiger partial charge in [0.25, 0.3) is 11.3 Å². The van der Waals surface area contributed by atoms with Crippen molar-refractivity contribution in [3.63, 3.8) is 0 Å². The number of nitrogens with one attached hydrogen (secondary N) is 1. The van der Waals surface area contributed by atoms with Gasteiger partial charge in [-0.15, -0.1) is 0 Å². The monoisotopic (exact) mass is 420 g/mol. The molecule has 6 nitrogen and oxygen atoms in total. The Balaban J connectivity index is 1.43. The lowest BCUT2D eigenvalue weighted by Crippen LogP contribution is -2.17. The number of benzene rings is 2. The molecule has 152 valence electrons. The predicted molar refractivity (Wildman–Crippen MR) is 116 cm³/mol. The first-order valence-electron chi connectivity index (χ1n) is 10.1. The average Bonchev–Trinajstić information content (AvgIpc) is 3.12. The van der Waals surface area contributed by atoms with E-state index < -0.39 is 0 Å². The lowest BCUT2D eigenvalue weighted by atomic mass is 9.79. The largest absolute Gasteiger partial charge is 0.487 e. The van der Waals surface area contributed by atoms with Crippen LogP contribution in [0.1, 0.15) is 42.0 Å². The van der Waals surface area contributed by atoms with Crippen LogP contribution >= 0.6 is 11.6 Å². The zero-order valence-corrected chi connectivity index (χ0v) is 17.3. The van der Waals surface area contributed by atoms with E-state index in [1.807, 2.05) is 49.4 Å². The van der Waals surface area contributed by atoms with E-state index in [4.69, 9.17) is 16.3 Å². The van der Waals surface area contributed by atoms with Gasteiger partial charge in [-0.3, -0.25) is 9.89 Å². The number of hydrogen-bond acceptors (Lipinski definition) is 4. The summed E-state index contributed by atoms with van der Waals surface area (Å²) in [5.41, 5.74) is 3.42. The quantitative estimate of drug-likeness (QED) is 0.498. The topological polar surface area (TPSA) is 72.3 Å². The third-order valence-electron chi connectivity index (χ3n) is 5.61. The number of ether oxygens (including phenoxy) is 1. The van der Waals surface area contributed by atoms with Crippen molar-refractivity contribution >= 4 is 17.4 Å². The summed E-state index contributed by atoms with van der Waals surface area (Å²) in [6, 6.07) is 15.1. The van der Waals surface area contributed by atoms with Crippen LogP contribution in [0.5, 0.6) is 5.75 Å². The molecule has 0 atom stereocenters. The van der Waals surface area contributed by atoms with Crippen LogP contribution < -0.4 is 10.3 Å². The van der Waals surface area contributed by atoms with E-state index in [1.165, 1.54) is 17.0 Å². The standard InChI is InChI=1S/C23H21ClN4O2/c1-14-8-10-16(11-9-14)22-26-23-25-17(12-20(29)28(23)27-22)13-30-19-7-3-6-18(24)21(19)15-4-2-5-15/h3,6-12,15H,2,4-5,13H2,1H3,(H,25,26,27). The van der Waals surface area contributed by atoms with Crippen molar-refractivity contribution in [2.75, 3.05) is 0 Å². The molecule has 1 aliphatic carbocycles. The van der Waals surface area contributed by atoms with E-state index in [1.54, 1.807) is 0 Å². The van der Waals surface area contributed by atoms with Gasteiger partial charge in [0.05, 0.1) is 5.69 Å². The highest BCUT2D eigenvalue weighted by molar-refractivity contribution is 6.31. The Morgan fingerprint density at radius 1 is 1.17 bits per heavy atom. The van der Waals surface area contributed by atoms with Crippen LogP contribution in [0.4, 0.5) is 0 Å². The summed E-state index contributed by atoms with van der Waals surface area (Å²) in [6.45, 7) is 2.20. The Morgan fingerprint density at radius 2 is 1.97 bits per heavy atom. The van der Waals surface area contributed by atoms with Gasteiger partial charge in [0.1, 0.15) is 12.4 Å². The van der Waals surface area contributed by atoms with Crippen molar-refractivity contribution < 1.29 is 4.74 Å². The van der Waals surface area contributed by atoms with Gasteiger partial charge in [-0.25, -0.2) is 4.98 Å². The maximum atomic E-state index is 12.6. The fourth-order valence-electron chi connectivity index (χ4n) is 3.73. The van der Waals surface area contributed by atoms with Gasteiger partial charge >= 0.3 is 0 Å². The fraction of sp³-hybridized carbons (Fsp3) is 0.261. The van der Waals surface area contributed by atoms with Gasteiger partial charge in [-0.1, -0.05) is 53.9 Å². The molecule has 2 aromatic carbocycles. The van der Waals surface area contributed by atoms with Crippen molar-refractivity contribution in [2.45, 2.75) is 38.7 Å². The smallest absolute Gasteiger partial charge is 0.274 e. The fourth-order valence-corrected chi connectivity index (χ4v) is 4.05. The predicted octanol–water partition coefficient (Wildman–Crippen LogP) is 4.89. The van der Waals surface area contributed by atoms with Gasteiger partial charge in [0, 0.05) is 22.2 Å². The van der Waals surface area contributed by atoms with Gasteiger partial charge in [-0.05, 0) is 37.8 Å². The molecule has 1 saturated carbocycles. The summed E-state index contributed by atoms with van der Waals surface area (Å²) in [6.07, 6.45) is 3.47. The Hall–Kier alpha value is -3.12. The Morgan fingerprint density at radius 3 is 2.70 bits per heavy atom. The molecule has 30 heavy (non-hydrogen) atoms. The van der Waals surface area contributed by atoms with Crippen molar-refractivity contribution in [3.8, 4) is 17.1 Å². The van der Waals surface area contributed by atoms with Crippen LogP contribution in [-0.4, -0.2) is 19.6 Å². The van der Waals surface area contributed by atoms with E-state index in [9.17, 15) is 4.79 Å². The number of aromatic amines is 1. The molecule has 0 saturated heterocycles. The molecule has 4 aromatic rings. The highest BCUT2D eigenvalue weighted by Gasteiger charge is 2.25. The molecule has 0 aliphatic heterocycles. The summed E-state index contributed by atoms with van der Waals surface area (Å²) < 4.78 is 7.38. The molecule has 2 heterocycles. The molecule has 0 unspecified atom stereocenters. The lowest BCUT2D eigenvalue weighted by molar-refractivity contribution is 0.289. The molecule has 0 amide bonds. The highest BCUT2D eigenvalue weighted by Crippen LogP contribution is 2.44. The van der Waals surface area contributed by atoms with Gasteiger partial charge in [0.2, 0.25) is 0 Å². The first-order chi connectivity index (χ1) is 14.6. The number of H-pyrrole nitrogens is 1. The van der Waals surface area contributed by atoms with E-state index in [-0.39, 0.29) is 12.2 Å². The SMILES string of the molecule is Cc1ccc(-c2nc3nc(COc4cccc(Cl)c4C4CCC4)cc(=O)n3[nH]2)cc1. The lowest BCUT2D eigenvalue weighted by Gasteiger charge is -2.28. The summed E-state index contributed by atoms with van der Waals surface area (Å²) in [5.74, 6) is 2.12. The zero-order chi connectivity index (χ0) is 20.7. The van der Waals surface area contributed by atoms with Crippen molar-refractivity contribution in [3.05, 3.63) is 80.7 Å². The first-order valence-corrected chi connectivity index (χ1v) is 10.4. The summed E-state index contributed by atoms with van der Waals surface area (Å²) in [7, 11) is 0. The maximum Gasteiger partial charge on any atom is 0.274 e. The van der Waals surface area contributed by atoms with Crippen molar-refractivity contribution in [2.24, 2.45) is 0 Å². The van der Waals surface area contributed by atoms with Gasteiger partial charge < -0.3 is 4.74 Å². The molecular weight excluding hydrogens is 400 g/mol. The summed E-state index contributed by atoms with van der Waals surface area (Å²) in [4.78, 5) is 21.6. The normalized spacial score (nSPS) is 14.1. The van der Waals surface area contributed by atoms with E-state index in [0.717, 1.165) is 40.3 Å². The van der Waals surface area contributed by atoms with Crippen LogP contribution in [0.2, 0.25) is 5.02 Å². The molecule has 1 aliphatic rings. The maximum absolute atomic E-state index is 12.6. The highest BCUT2D eigenvalue weighted by atomic mass is 35.5. The summed E-state index contributed by atoms with van der Waals surface area (Å²) >= 11 is 6.43. The number of aromatic nitrogens is 4. The molecule has 0 bridgehead atoms. The second kappa shape index (κ2) is 7.61. The van der Waals surface area contributed by atoms with Crippen LogP contribution in [0.25, 0.3) is 17.2 Å². The van der Waals surface area contributed by atoms with E-state index in [0.29, 0.717) is 23.2 Å². The minimum absolute atomic E-state index is 0.179. The summed E-state index contributed by atoms with van der Waals surface area (Å²) in [5, 5.41) is 3.75. The minimum Gasteiger partial charge on any atom is -0.487 e. The molecule has 2 aromatic heterocycles. The molecule has 1 fully saturated rings. The van der Waals surface area contributed by atoms with Crippen LogP contribution in [0.15, 0.2) is 53.3 Å². The number of rotatable bonds is 5. The van der Waals surface area contributed by atoms with Crippen LogP contribution in [0, 0.1) is 6.92 Å². The number of hydrogen-bond donors (Lipinski definition) is 1. The van der Waals surface area contributed by atoms with Crippen LogP contribution in [0.3, 0.4) is 0 Å². The van der Waals surface area contributed by atoms with E-state index >= 15 is 0 Å². The average molecular weight is 421 g/mol. The molecule has 0 radical (unpaired) electrons. The van der Waals surface area contributed by atoms with Crippen molar-refractivity contribution in [1.29, 1.82) is 0 Å². The van der Waals surface area contributed by atoms with Crippen molar-refractivity contribution in [1.82, 2.24) is 19.6 Å². The Bertz CT molecular complexity index is 1270. The second-order valence-corrected chi connectivity index (χ2v) is 8.13. The molecule has 7 heteroatoms. The third kappa shape index (κ3) is 3.48. The molecule has 5 rings (SSSR count). The number of fused-ring (bicyclic) bond motifs is 1. The van der Waals surface area contributed by atoms with Gasteiger partial charge in [0.15, 0.2) is 5.82 Å². The zero-order valence-electron chi connectivity index (χ0n) is 16.6. The Labute approximate surface area is 178 Å². The molecular formula is C23H21ClN4O2. The third-order valence-corrected chi connectivity index (χ3v) is 5.94.